The Labute approximate surface area is 123 Å². The van der Waals surface area contributed by atoms with Crippen LogP contribution in [-0.2, 0) is 4.79 Å². The molecule has 106 valence electrons. The smallest absolute Gasteiger partial charge is 0.329 e. The summed E-state index contributed by atoms with van der Waals surface area (Å²) in [4.78, 5) is 12.5. The van der Waals surface area contributed by atoms with E-state index >= 15 is 0 Å². The summed E-state index contributed by atoms with van der Waals surface area (Å²) in [5.41, 5.74) is 0.149. The van der Waals surface area contributed by atoms with Crippen LogP contribution in [0.2, 0.25) is 0 Å². The molecule has 1 saturated carbocycles. The van der Waals surface area contributed by atoms with Crippen LogP contribution in [0.1, 0.15) is 32.3 Å². The third-order valence-corrected chi connectivity index (χ3v) is 4.61. The first-order chi connectivity index (χ1) is 9.52. The van der Waals surface area contributed by atoms with Crippen LogP contribution in [0.5, 0.6) is 0 Å². The Morgan fingerprint density at radius 2 is 2.30 bits per heavy atom. The van der Waals surface area contributed by atoms with E-state index < -0.39 is 11.5 Å². The zero-order valence-corrected chi connectivity index (χ0v) is 12.5. The first-order valence-corrected chi connectivity index (χ1v) is 7.69. The minimum Gasteiger partial charge on any atom is -0.480 e. The molecule has 2 rings (SSSR count). The first kappa shape index (κ1) is 14.7. The summed E-state index contributed by atoms with van der Waals surface area (Å²) < 4.78 is 0. The number of nitrogens with one attached hydrogen (secondary N) is 1. The van der Waals surface area contributed by atoms with Crippen LogP contribution in [0.4, 0.5) is 5.69 Å². The van der Waals surface area contributed by atoms with E-state index in [0.29, 0.717) is 11.3 Å². The third-order valence-electron chi connectivity index (χ3n) is 3.67. The Morgan fingerprint density at radius 1 is 1.60 bits per heavy atom. The maximum atomic E-state index is 11.6. The summed E-state index contributed by atoms with van der Waals surface area (Å²) in [6, 6.07) is 7.73. The van der Waals surface area contributed by atoms with Crippen molar-refractivity contribution in [3.8, 4) is 6.07 Å². The van der Waals surface area contributed by atoms with E-state index in [1.165, 1.54) is 0 Å². The van der Waals surface area contributed by atoms with E-state index in [1.807, 2.05) is 19.1 Å². The molecule has 0 spiro atoms. The molecule has 0 saturated heterocycles. The second-order valence-corrected chi connectivity index (χ2v) is 6.44. The average molecular weight is 290 g/mol. The number of carboxylic acid groups (broad SMARTS) is 1. The Balaban J connectivity index is 2.35. The molecule has 0 heterocycles. The monoisotopic (exact) mass is 290 g/mol. The van der Waals surface area contributed by atoms with Crippen molar-refractivity contribution in [3.63, 3.8) is 0 Å². The zero-order chi connectivity index (χ0) is 14.8. The summed E-state index contributed by atoms with van der Waals surface area (Å²) in [5.74, 6) is 0.142. The summed E-state index contributed by atoms with van der Waals surface area (Å²) in [5, 5.41) is 22.0. The van der Waals surface area contributed by atoms with E-state index in [9.17, 15) is 15.2 Å². The van der Waals surface area contributed by atoms with Crippen LogP contribution in [-0.4, -0.2) is 22.4 Å². The highest BCUT2D eigenvalue weighted by atomic mass is 32.2. The highest BCUT2D eigenvalue weighted by Gasteiger charge is 2.47. The third kappa shape index (κ3) is 2.75. The lowest BCUT2D eigenvalue weighted by atomic mass is 9.95. The van der Waals surface area contributed by atoms with Crippen molar-refractivity contribution < 1.29 is 9.90 Å². The molecule has 0 aliphatic heterocycles. The van der Waals surface area contributed by atoms with Crippen LogP contribution >= 0.6 is 11.8 Å². The van der Waals surface area contributed by atoms with Crippen molar-refractivity contribution in [3.05, 3.63) is 23.8 Å². The number of hydrogen-bond donors (Lipinski definition) is 2. The molecule has 4 nitrogen and oxygen atoms in total. The highest BCUT2D eigenvalue weighted by Crippen LogP contribution is 2.42. The van der Waals surface area contributed by atoms with Crippen molar-refractivity contribution >= 4 is 23.4 Å². The zero-order valence-electron chi connectivity index (χ0n) is 11.6. The molecule has 2 N–H and O–H groups in total. The quantitative estimate of drug-likeness (QED) is 0.786. The van der Waals surface area contributed by atoms with E-state index in [-0.39, 0.29) is 5.92 Å². The van der Waals surface area contributed by atoms with Gasteiger partial charge in [0.15, 0.2) is 0 Å². The molecule has 1 aliphatic rings. The molecule has 0 radical (unpaired) electrons. The van der Waals surface area contributed by atoms with Gasteiger partial charge in [0.1, 0.15) is 11.6 Å². The lowest BCUT2D eigenvalue weighted by Crippen LogP contribution is -2.45. The molecule has 20 heavy (non-hydrogen) atoms. The molecule has 1 unspecified atom stereocenters. The predicted molar refractivity (Wildman–Crippen MR) is 79.9 cm³/mol. The maximum Gasteiger partial charge on any atom is 0.329 e. The number of anilines is 1. The van der Waals surface area contributed by atoms with Crippen molar-refractivity contribution in [1.29, 1.82) is 5.26 Å². The van der Waals surface area contributed by atoms with Gasteiger partial charge < -0.3 is 10.4 Å². The van der Waals surface area contributed by atoms with Gasteiger partial charge in [0.25, 0.3) is 0 Å². The maximum absolute atomic E-state index is 11.6. The van der Waals surface area contributed by atoms with Gasteiger partial charge in [-0.05, 0) is 43.6 Å². The van der Waals surface area contributed by atoms with Gasteiger partial charge in [0.2, 0.25) is 0 Å². The van der Waals surface area contributed by atoms with E-state index in [0.717, 1.165) is 23.5 Å². The SMILES string of the molecule is CCSc1cccc(NC(C)(C(=O)O)C2CC2)c1C#N. The Kier molecular flexibility index (Phi) is 4.24. The molecule has 0 aromatic heterocycles. The molecule has 1 aliphatic carbocycles. The number of aliphatic carboxylic acids is 1. The normalized spacial score (nSPS) is 17.1. The van der Waals surface area contributed by atoms with Crippen molar-refractivity contribution in [2.45, 2.75) is 37.1 Å². The van der Waals surface area contributed by atoms with E-state index in [2.05, 4.69) is 11.4 Å². The molecule has 0 amide bonds. The minimum atomic E-state index is -0.999. The number of rotatable bonds is 6. The summed E-state index contributed by atoms with van der Waals surface area (Å²) in [7, 11) is 0. The fraction of sp³-hybridized carbons (Fsp3) is 0.467. The van der Waals surface area contributed by atoms with Gasteiger partial charge in [-0.15, -0.1) is 11.8 Å². The van der Waals surface area contributed by atoms with E-state index in [1.54, 1.807) is 24.8 Å². The summed E-state index contributed by atoms with van der Waals surface area (Å²) >= 11 is 1.59. The van der Waals surface area contributed by atoms with Crippen LogP contribution in [0.3, 0.4) is 0 Å². The highest BCUT2D eigenvalue weighted by molar-refractivity contribution is 7.99. The predicted octanol–water partition coefficient (Wildman–Crippen LogP) is 3.34. The number of benzene rings is 1. The standard InChI is InChI=1S/C15H18N2O2S/c1-3-20-13-6-4-5-12(11(13)9-16)17-15(2,14(18)19)10-7-8-10/h4-6,10,17H,3,7-8H2,1-2H3,(H,18,19). The van der Waals surface area contributed by atoms with Crippen LogP contribution in [0.15, 0.2) is 23.1 Å². The number of carboxylic acids is 1. The van der Waals surface area contributed by atoms with Gasteiger partial charge in [0.05, 0.1) is 11.3 Å². The molecule has 1 atom stereocenters. The van der Waals surface area contributed by atoms with Gasteiger partial charge in [-0.2, -0.15) is 5.26 Å². The molecule has 1 aromatic rings. The Bertz CT molecular complexity index is 563. The fourth-order valence-corrected chi connectivity index (χ4v) is 3.08. The average Bonchev–Trinajstić information content (AvgIpc) is 3.23. The fourth-order valence-electron chi connectivity index (χ4n) is 2.30. The second-order valence-electron chi connectivity index (χ2n) is 5.13. The molecule has 5 heteroatoms. The summed E-state index contributed by atoms with van der Waals surface area (Å²) in [6.07, 6.45) is 1.84. The lowest BCUT2D eigenvalue weighted by molar-refractivity contribution is -0.142. The van der Waals surface area contributed by atoms with Crippen molar-refractivity contribution in [1.82, 2.24) is 0 Å². The largest absolute Gasteiger partial charge is 0.480 e. The molecule has 0 bridgehead atoms. The Morgan fingerprint density at radius 3 is 2.80 bits per heavy atom. The van der Waals surface area contributed by atoms with Gasteiger partial charge in [-0.1, -0.05) is 13.0 Å². The van der Waals surface area contributed by atoms with Crippen LogP contribution in [0.25, 0.3) is 0 Å². The number of nitrogens with zero attached hydrogens (tertiary/aromatic N) is 1. The molecular formula is C15H18N2O2S. The van der Waals surface area contributed by atoms with Gasteiger partial charge in [-0.3, -0.25) is 0 Å². The Hall–Kier alpha value is -1.67. The van der Waals surface area contributed by atoms with Gasteiger partial charge >= 0.3 is 5.97 Å². The van der Waals surface area contributed by atoms with E-state index in [4.69, 9.17) is 0 Å². The van der Waals surface area contributed by atoms with Gasteiger partial charge in [0, 0.05) is 4.90 Å². The van der Waals surface area contributed by atoms with Crippen molar-refractivity contribution in [2.24, 2.45) is 5.92 Å². The van der Waals surface area contributed by atoms with Crippen LogP contribution < -0.4 is 5.32 Å². The molecule has 1 fully saturated rings. The second kappa shape index (κ2) is 5.76. The number of carbonyl (C=O) groups is 1. The number of thioether (sulfide) groups is 1. The number of nitriles is 1. The van der Waals surface area contributed by atoms with Crippen molar-refractivity contribution in [2.75, 3.05) is 11.1 Å². The minimum absolute atomic E-state index is 0.133. The molecule has 1 aromatic carbocycles. The van der Waals surface area contributed by atoms with Gasteiger partial charge in [-0.25, -0.2) is 4.79 Å². The summed E-state index contributed by atoms with van der Waals surface area (Å²) in [6.45, 7) is 3.73. The molecular weight excluding hydrogens is 272 g/mol. The lowest BCUT2D eigenvalue weighted by Gasteiger charge is -2.28. The topological polar surface area (TPSA) is 73.1 Å². The first-order valence-electron chi connectivity index (χ1n) is 6.70. The number of hydrogen-bond acceptors (Lipinski definition) is 4. The van der Waals surface area contributed by atoms with Crippen LogP contribution in [0, 0.1) is 17.2 Å².